The second-order valence-corrected chi connectivity index (χ2v) is 5.02. The van der Waals surface area contributed by atoms with Crippen molar-refractivity contribution in [3.05, 3.63) is 29.8 Å². The van der Waals surface area contributed by atoms with Crippen LogP contribution in [0.1, 0.15) is 51.6 Å². The Morgan fingerprint density at radius 3 is 2.25 bits per heavy atom. The molecular formula is C17H29NO2. The number of methoxy groups -OCH3 is 1. The zero-order chi connectivity index (χ0) is 14.8. The van der Waals surface area contributed by atoms with Crippen LogP contribution in [0, 0.1) is 0 Å². The van der Waals surface area contributed by atoms with Crippen LogP contribution in [-0.4, -0.2) is 26.4 Å². The first-order chi connectivity index (χ1) is 9.76. The van der Waals surface area contributed by atoms with E-state index in [0.29, 0.717) is 0 Å². The zero-order valence-corrected chi connectivity index (χ0v) is 13.3. The van der Waals surface area contributed by atoms with Crippen LogP contribution in [0.4, 0.5) is 0 Å². The number of hydrogen-bond acceptors (Lipinski definition) is 3. The van der Waals surface area contributed by atoms with Gasteiger partial charge in [0.15, 0.2) is 0 Å². The molecule has 2 atom stereocenters. The topological polar surface area (TPSA) is 30.5 Å². The zero-order valence-electron chi connectivity index (χ0n) is 13.3. The Morgan fingerprint density at radius 1 is 1.05 bits per heavy atom. The van der Waals surface area contributed by atoms with Gasteiger partial charge in [0, 0.05) is 7.11 Å². The van der Waals surface area contributed by atoms with Crippen LogP contribution in [0.5, 0.6) is 5.75 Å². The molecule has 1 aromatic carbocycles. The van der Waals surface area contributed by atoms with Gasteiger partial charge in [0.05, 0.1) is 18.8 Å². The van der Waals surface area contributed by atoms with Gasteiger partial charge in [-0.15, -0.1) is 0 Å². The van der Waals surface area contributed by atoms with E-state index in [9.17, 15) is 0 Å². The highest BCUT2D eigenvalue weighted by Gasteiger charge is 2.21. The minimum Gasteiger partial charge on any atom is -0.494 e. The molecule has 0 aliphatic heterocycles. The minimum atomic E-state index is 0.211. The van der Waals surface area contributed by atoms with Crippen molar-refractivity contribution >= 4 is 0 Å². The molecule has 0 saturated carbocycles. The summed E-state index contributed by atoms with van der Waals surface area (Å²) in [5.41, 5.74) is 1.26. The first kappa shape index (κ1) is 17.0. The van der Waals surface area contributed by atoms with Gasteiger partial charge in [-0.25, -0.2) is 0 Å². The van der Waals surface area contributed by atoms with Gasteiger partial charge in [-0.3, -0.25) is 0 Å². The Hall–Kier alpha value is -1.06. The molecule has 0 fully saturated rings. The van der Waals surface area contributed by atoms with Gasteiger partial charge in [-0.1, -0.05) is 39.3 Å². The molecule has 0 aliphatic rings. The van der Waals surface area contributed by atoms with Crippen molar-refractivity contribution in [1.82, 2.24) is 5.32 Å². The average molecular weight is 279 g/mol. The second-order valence-electron chi connectivity index (χ2n) is 5.02. The summed E-state index contributed by atoms with van der Waals surface area (Å²) in [4.78, 5) is 0. The molecule has 3 heteroatoms. The molecule has 0 aliphatic carbocycles. The molecule has 1 aromatic rings. The highest BCUT2D eigenvalue weighted by molar-refractivity contribution is 5.29. The van der Waals surface area contributed by atoms with E-state index in [-0.39, 0.29) is 12.1 Å². The van der Waals surface area contributed by atoms with Crippen LogP contribution >= 0.6 is 0 Å². The molecule has 114 valence electrons. The molecule has 0 aromatic heterocycles. The molecule has 3 nitrogen and oxygen atoms in total. The summed E-state index contributed by atoms with van der Waals surface area (Å²) in [7, 11) is 1.80. The van der Waals surface area contributed by atoms with E-state index in [1.165, 1.54) is 5.56 Å². The van der Waals surface area contributed by atoms with Gasteiger partial charge in [0.1, 0.15) is 5.75 Å². The lowest BCUT2D eigenvalue weighted by atomic mass is 9.98. The quantitative estimate of drug-likeness (QED) is 0.703. The smallest absolute Gasteiger partial charge is 0.119 e. The Kier molecular flexibility index (Phi) is 8.31. The molecule has 20 heavy (non-hydrogen) atoms. The first-order valence-corrected chi connectivity index (χ1v) is 7.75. The van der Waals surface area contributed by atoms with Crippen molar-refractivity contribution in [1.29, 1.82) is 0 Å². The van der Waals surface area contributed by atoms with E-state index in [0.717, 1.165) is 38.2 Å². The average Bonchev–Trinajstić information content (AvgIpc) is 2.49. The normalized spacial score (nSPS) is 14.0. The SMILES string of the molecule is CCCOc1ccc(C(NCC)C(CCC)OC)cc1. The van der Waals surface area contributed by atoms with Gasteiger partial charge in [0.25, 0.3) is 0 Å². The molecule has 2 unspecified atom stereocenters. The fraction of sp³-hybridized carbons (Fsp3) is 0.647. The van der Waals surface area contributed by atoms with Gasteiger partial charge < -0.3 is 14.8 Å². The Bertz CT molecular complexity index is 351. The van der Waals surface area contributed by atoms with Crippen LogP contribution in [0.15, 0.2) is 24.3 Å². The number of ether oxygens (including phenoxy) is 2. The second kappa shape index (κ2) is 9.78. The van der Waals surface area contributed by atoms with E-state index < -0.39 is 0 Å². The lowest BCUT2D eigenvalue weighted by Crippen LogP contribution is -2.33. The van der Waals surface area contributed by atoms with Crippen molar-refractivity contribution in [2.75, 3.05) is 20.3 Å². The number of hydrogen-bond donors (Lipinski definition) is 1. The highest BCUT2D eigenvalue weighted by Crippen LogP contribution is 2.24. The summed E-state index contributed by atoms with van der Waals surface area (Å²) in [6, 6.07) is 8.62. The van der Waals surface area contributed by atoms with Crippen LogP contribution in [0.2, 0.25) is 0 Å². The molecule has 0 radical (unpaired) electrons. The van der Waals surface area contributed by atoms with Crippen molar-refractivity contribution in [3.63, 3.8) is 0 Å². The van der Waals surface area contributed by atoms with E-state index in [4.69, 9.17) is 9.47 Å². The van der Waals surface area contributed by atoms with Gasteiger partial charge in [-0.2, -0.15) is 0 Å². The summed E-state index contributed by atoms with van der Waals surface area (Å²) in [5.74, 6) is 0.940. The molecule has 1 N–H and O–H groups in total. The van der Waals surface area contributed by atoms with Crippen LogP contribution < -0.4 is 10.1 Å². The monoisotopic (exact) mass is 279 g/mol. The van der Waals surface area contributed by atoms with E-state index in [2.05, 4.69) is 38.2 Å². The van der Waals surface area contributed by atoms with Crippen LogP contribution in [-0.2, 0) is 4.74 Å². The maximum atomic E-state index is 5.66. The minimum absolute atomic E-state index is 0.211. The first-order valence-electron chi connectivity index (χ1n) is 7.75. The number of nitrogens with one attached hydrogen (secondary N) is 1. The third-order valence-electron chi connectivity index (χ3n) is 3.38. The lowest BCUT2D eigenvalue weighted by molar-refractivity contribution is 0.0611. The Balaban J connectivity index is 2.79. The summed E-state index contributed by atoms with van der Waals surface area (Å²) >= 11 is 0. The molecule has 0 saturated heterocycles. The van der Waals surface area contributed by atoms with Crippen molar-refractivity contribution < 1.29 is 9.47 Å². The predicted molar refractivity (Wildman–Crippen MR) is 84.4 cm³/mol. The molecule has 1 rings (SSSR count). The van der Waals surface area contributed by atoms with Gasteiger partial charge in [0.2, 0.25) is 0 Å². The summed E-state index contributed by atoms with van der Waals surface area (Å²) in [5, 5.41) is 3.53. The van der Waals surface area contributed by atoms with Crippen LogP contribution in [0.3, 0.4) is 0 Å². The number of likely N-dealkylation sites (N-methyl/N-ethyl adjacent to an activating group) is 1. The molecule has 0 bridgehead atoms. The van der Waals surface area contributed by atoms with E-state index in [1.807, 2.05) is 12.1 Å². The van der Waals surface area contributed by atoms with E-state index >= 15 is 0 Å². The maximum Gasteiger partial charge on any atom is 0.119 e. The van der Waals surface area contributed by atoms with Crippen LogP contribution in [0.25, 0.3) is 0 Å². The predicted octanol–water partition coefficient (Wildman–Crippen LogP) is 3.94. The summed E-state index contributed by atoms with van der Waals surface area (Å²) < 4.78 is 11.3. The highest BCUT2D eigenvalue weighted by atomic mass is 16.5. The lowest BCUT2D eigenvalue weighted by Gasteiger charge is -2.27. The molecule has 0 spiro atoms. The Morgan fingerprint density at radius 2 is 1.75 bits per heavy atom. The summed E-state index contributed by atoms with van der Waals surface area (Å²) in [6.07, 6.45) is 3.42. The van der Waals surface area contributed by atoms with E-state index in [1.54, 1.807) is 7.11 Å². The molecular weight excluding hydrogens is 250 g/mol. The molecule has 0 amide bonds. The fourth-order valence-electron chi connectivity index (χ4n) is 2.38. The van der Waals surface area contributed by atoms with Gasteiger partial charge in [-0.05, 0) is 37.1 Å². The summed E-state index contributed by atoms with van der Waals surface area (Å²) in [6.45, 7) is 8.14. The largest absolute Gasteiger partial charge is 0.494 e. The number of rotatable bonds is 10. The van der Waals surface area contributed by atoms with Crippen molar-refractivity contribution in [2.45, 2.75) is 52.2 Å². The third kappa shape index (κ3) is 5.14. The van der Waals surface area contributed by atoms with Crippen molar-refractivity contribution in [2.24, 2.45) is 0 Å². The molecule has 0 heterocycles. The fourth-order valence-corrected chi connectivity index (χ4v) is 2.38. The number of benzene rings is 1. The standard InChI is InChI=1S/C17H29NO2/c1-5-8-16(19-4)17(18-7-3)14-9-11-15(12-10-14)20-13-6-2/h9-12,16-18H,5-8,13H2,1-4H3. The van der Waals surface area contributed by atoms with Crippen molar-refractivity contribution in [3.8, 4) is 5.75 Å². The van der Waals surface area contributed by atoms with Gasteiger partial charge >= 0.3 is 0 Å². The third-order valence-corrected chi connectivity index (χ3v) is 3.38. The Labute approximate surface area is 123 Å². The maximum absolute atomic E-state index is 5.66.